The Morgan fingerprint density at radius 2 is 1.71 bits per heavy atom. The van der Waals surface area contributed by atoms with Crippen molar-refractivity contribution in [3.63, 3.8) is 0 Å². The van der Waals surface area contributed by atoms with Crippen LogP contribution in [0.15, 0.2) is 54.6 Å². The molecule has 6 nitrogen and oxygen atoms in total. The normalized spacial score (nSPS) is 9.88. The highest BCUT2D eigenvalue weighted by atomic mass is 16.6. The van der Waals surface area contributed by atoms with Crippen LogP contribution in [0, 0.1) is 0 Å². The number of ketones is 1. The summed E-state index contributed by atoms with van der Waals surface area (Å²) in [5.41, 5.74) is 1.11. The SMILES string of the molecule is CC(=O)c1cccc(OCC(=O)OCC(=O)Nc2ccccc2)c1. The van der Waals surface area contributed by atoms with Gasteiger partial charge in [0.15, 0.2) is 19.0 Å². The number of benzene rings is 2. The van der Waals surface area contributed by atoms with E-state index in [2.05, 4.69) is 5.32 Å². The molecule has 0 atom stereocenters. The van der Waals surface area contributed by atoms with Gasteiger partial charge in [0.25, 0.3) is 5.91 Å². The number of ether oxygens (including phenoxy) is 2. The van der Waals surface area contributed by atoms with Crippen molar-refractivity contribution >= 4 is 23.3 Å². The van der Waals surface area contributed by atoms with Crippen molar-refractivity contribution in [2.75, 3.05) is 18.5 Å². The average Bonchev–Trinajstić information content (AvgIpc) is 2.59. The van der Waals surface area contributed by atoms with Gasteiger partial charge < -0.3 is 14.8 Å². The van der Waals surface area contributed by atoms with Crippen molar-refractivity contribution in [2.24, 2.45) is 0 Å². The lowest BCUT2D eigenvalue weighted by Crippen LogP contribution is -2.23. The maximum absolute atomic E-state index is 11.6. The Balaban J connectivity index is 1.74. The first-order chi connectivity index (χ1) is 11.5. The summed E-state index contributed by atoms with van der Waals surface area (Å²) in [5, 5.41) is 2.60. The van der Waals surface area contributed by atoms with Gasteiger partial charge in [0.05, 0.1) is 0 Å². The second-order valence-electron chi connectivity index (χ2n) is 4.95. The van der Waals surface area contributed by atoms with Crippen LogP contribution in [0.4, 0.5) is 5.69 Å². The molecule has 0 aliphatic carbocycles. The summed E-state index contributed by atoms with van der Waals surface area (Å²) in [6.45, 7) is 0.698. The summed E-state index contributed by atoms with van der Waals surface area (Å²) < 4.78 is 10.1. The molecule has 2 rings (SSSR count). The van der Waals surface area contributed by atoms with Crippen molar-refractivity contribution in [3.8, 4) is 5.75 Å². The van der Waals surface area contributed by atoms with Gasteiger partial charge in [-0.25, -0.2) is 4.79 Å². The predicted octanol–water partition coefficient (Wildman–Crippen LogP) is 2.45. The fourth-order valence-electron chi connectivity index (χ4n) is 1.85. The lowest BCUT2D eigenvalue weighted by atomic mass is 10.1. The number of amides is 1. The zero-order chi connectivity index (χ0) is 17.4. The monoisotopic (exact) mass is 327 g/mol. The smallest absolute Gasteiger partial charge is 0.344 e. The molecule has 0 heterocycles. The number of esters is 1. The average molecular weight is 327 g/mol. The first-order valence-electron chi connectivity index (χ1n) is 7.29. The van der Waals surface area contributed by atoms with Crippen LogP contribution in [-0.4, -0.2) is 30.9 Å². The number of carbonyl (C=O) groups is 3. The van der Waals surface area contributed by atoms with Crippen molar-refractivity contribution in [1.82, 2.24) is 0 Å². The molecule has 0 aromatic heterocycles. The Kier molecular flexibility index (Phi) is 6.08. The number of hydrogen-bond donors (Lipinski definition) is 1. The van der Waals surface area contributed by atoms with E-state index in [1.54, 1.807) is 42.5 Å². The van der Waals surface area contributed by atoms with Crippen LogP contribution in [0.25, 0.3) is 0 Å². The molecule has 0 unspecified atom stereocenters. The highest BCUT2D eigenvalue weighted by Crippen LogP contribution is 2.13. The van der Waals surface area contributed by atoms with E-state index in [0.717, 1.165) is 0 Å². The predicted molar refractivity (Wildman–Crippen MR) is 88.0 cm³/mol. The van der Waals surface area contributed by atoms with Crippen molar-refractivity contribution in [1.29, 1.82) is 0 Å². The van der Waals surface area contributed by atoms with E-state index in [1.165, 1.54) is 13.0 Å². The van der Waals surface area contributed by atoms with Crippen LogP contribution in [0.3, 0.4) is 0 Å². The minimum atomic E-state index is -0.675. The summed E-state index contributed by atoms with van der Waals surface area (Å²) in [6.07, 6.45) is 0. The Morgan fingerprint density at radius 1 is 0.958 bits per heavy atom. The Morgan fingerprint density at radius 3 is 2.42 bits per heavy atom. The lowest BCUT2D eigenvalue weighted by Gasteiger charge is -2.08. The number of Topliss-reactive ketones (excluding diaryl/α,β-unsaturated/α-hetero) is 1. The molecule has 0 aliphatic heterocycles. The molecule has 2 aromatic carbocycles. The third kappa shape index (κ3) is 5.57. The number of carbonyl (C=O) groups excluding carboxylic acids is 3. The Hall–Kier alpha value is -3.15. The largest absolute Gasteiger partial charge is 0.482 e. The maximum Gasteiger partial charge on any atom is 0.344 e. The number of nitrogens with one attached hydrogen (secondary N) is 1. The molecule has 124 valence electrons. The van der Waals surface area contributed by atoms with E-state index in [9.17, 15) is 14.4 Å². The number of anilines is 1. The molecule has 0 aliphatic rings. The summed E-state index contributed by atoms with van der Waals surface area (Å²) >= 11 is 0. The third-order valence-electron chi connectivity index (χ3n) is 3.02. The van der Waals surface area contributed by atoms with Gasteiger partial charge in [-0.3, -0.25) is 9.59 Å². The molecular formula is C18H17NO5. The van der Waals surface area contributed by atoms with Crippen molar-refractivity contribution < 1.29 is 23.9 Å². The molecule has 0 saturated carbocycles. The van der Waals surface area contributed by atoms with E-state index in [0.29, 0.717) is 17.0 Å². The summed E-state index contributed by atoms with van der Waals surface area (Å²) in [6, 6.07) is 15.3. The number of hydrogen-bond acceptors (Lipinski definition) is 5. The van der Waals surface area contributed by atoms with Crippen LogP contribution in [0.2, 0.25) is 0 Å². The standard InChI is InChI=1S/C18H17NO5/c1-13(20)14-6-5-9-16(10-14)23-12-18(22)24-11-17(21)19-15-7-3-2-4-8-15/h2-10H,11-12H2,1H3,(H,19,21). The van der Waals surface area contributed by atoms with Gasteiger partial charge in [-0.1, -0.05) is 30.3 Å². The summed E-state index contributed by atoms with van der Waals surface area (Å²) in [5.74, 6) is -0.825. The Labute approximate surface area is 139 Å². The van der Waals surface area contributed by atoms with Crippen LogP contribution in [-0.2, 0) is 14.3 Å². The molecule has 0 radical (unpaired) electrons. The Bertz CT molecular complexity index is 727. The minimum Gasteiger partial charge on any atom is -0.482 e. The van der Waals surface area contributed by atoms with Crippen molar-refractivity contribution in [3.05, 3.63) is 60.2 Å². The quantitative estimate of drug-likeness (QED) is 0.624. The second-order valence-corrected chi connectivity index (χ2v) is 4.95. The molecular weight excluding hydrogens is 310 g/mol. The molecule has 24 heavy (non-hydrogen) atoms. The lowest BCUT2D eigenvalue weighted by molar-refractivity contribution is -0.149. The van der Waals surface area contributed by atoms with E-state index in [-0.39, 0.29) is 12.4 Å². The number of rotatable bonds is 7. The zero-order valence-corrected chi connectivity index (χ0v) is 13.2. The maximum atomic E-state index is 11.6. The van der Waals surface area contributed by atoms with Crippen LogP contribution < -0.4 is 10.1 Å². The topological polar surface area (TPSA) is 81.7 Å². The summed E-state index contributed by atoms with van der Waals surface area (Å²) in [4.78, 5) is 34.5. The highest BCUT2D eigenvalue weighted by Gasteiger charge is 2.09. The van der Waals surface area contributed by atoms with Crippen LogP contribution >= 0.6 is 0 Å². The highest BCUT2D eigenvalue weighted by molar-refractivity contribution is 5.94. The summed E-state index contributed by atoms with van der Waals surface area (Å²) in [7, 11) is 0. The molecule has 0 saturated heterocycles. The van der Waals surface area contributed by atoms with Gasteiger partial charge in [0, 0.05) is 11.3 Å². The minimum absolute atomic E-state index is 0.0967. The zero-order valence-electron chi connectivity index (χ0n) is 13.2. The van der Waals surface area contributed by atoms with Gasteiger partial charge in [0.1, 0.15) is 5.75 Å². The molecule has 6 heteroatoms. The number of para-hydroxylation sites is 1. The first kappa shape index (κ1) is 17.2. The molecule has 0 bridgehead atoms. The van der Waals surface area contributed by atoms with E-state index < -0.39 is 18.5 Å². The van der Waals surface area contributed by atoms with E-state index in [1.807, 2.05) is 6.07 Å². The van der Waals surface area contributed by atoms with Crippen molar-refractivity contribution in [2.45, 2.75) is 6.92 Å². The van der Waals surface area contributed by atoms with Gasteiger partial charge in [0.2, 0.25) is 0 Å². The fourth-order valence-corrected chi connectivity index (χ4v) is 1.85. The molecule has 1 N–H and O–H groups in total. The fraction of sp³-hybridized carbons (Fsp3) is 0.167. The van der Waals surface area contributed by atoms with Gasteiger partial charge in [-0.05, 0) is 31.2 Å². The van der Waals surface area contributed by atoms with Gasteiger partial charge in [-0.2, -0.15) is 0 Å². The van der Waals surface area contributed by atoms with Crippen LogP contribution in [0.5, 0.6) is 5.75 Å². The molecule has 0 spiro atoms. The van der Waals surface area contributed by atoms with Crippen LogP contribution in [0.1, 0.15) is 17.3 Å². The van der Waals surface area contributed by atoms with E-state index >= 15 is 0 Å². The van der Waals surface area contributed by atoms with E-state index in [4.69, 9.17) is 9.47 Å². The van der Waals surface area contributed by atoms with Gasteiger partial charge >= 0.3 is 5.97 Å². The second kappa shape index (κ2) is 8.47. The third-order valence-corrected chi connectivity index (χ3v) is 3.02. The van der Waals surface area contributed by atoms with Gasteiger partial charge in [-0.15, -0.1) is 0 Å². The molecule has 0 fully saturated rings. The molecule has 2 aromatic rings. The molecule has 1 amide bonds. The first-order valence-corrected chi connectivity index (χ1v) is 7.29.